The van der Waals surface area contributed by atoms with E-state index >= 15 is 0 Å². The number of hydrogen-bond donors (Lipinski definition) is 0. The molecular weight excluding hydrogens is 254 g/mol. The first-order valence-electron chi connectivity index (χ1n) is 7.48. The lowest BCUT2D eigenvalue weighted by Crippen LogP contribution is -1.90. The fourth-order valence-corrected chi connectivity index (χ4v) is 3.14. The Labute approximate surface area is 124 Å². The van der Waals surface area contributed by atoms with E-state index in [1.807, 2.05) is 0 Å². The second-order valence-corrected chi connectivity index (χ2v) is 5.62. The summed E-state index contributed by atoms with van der Waals surface area (Å²) >= 11 is 0. The van der Waals surface area contributed by atoms with E-state index in [1.165, 1.54) is 32.7 Å². The molecule has 0 aliphatic rings. The van der Waals surface area contributed by atoms with Crippen LogP contribution in [0.2, 0.25) is 0 Å². The number of hydrogen-bond acceptors (Lipinski definition) is 1. The molecule has 0 aliphatic carbocycles. The van der Waals surface area contributed by atoms with Gasteiger partial charge in [-0.25, -0.2) is 4.98 Å². The van der Waals surface area contributed by atoms with E-state index in [-0.39, 0.29) is 0 Å². The first kappa shape index (κ1) is 12.3. The van der Waals surface area contributed by atoms with Crippen LogP contribution in [0.1, 0.15) is 18.1 Å². The minimum atomic E-state index is 1.06. The quantitative estimate of drug-likeness (QED) is 0.333. The number of benzene rings is 3. The van der Waals surface area contributed by atoms with E-state index in [0.29, 0.717) is 0 Å². The Kier molecular flexibility index (Phi) is 2.68. The van der Waals surface area contributed by atoms with Gasteiger partial charge in [0, 0.05) is 16.2 Å². The van der Waals surface area contributed by atoms with Crippen molar-refractivity contribution in [3.8, 4) is 0 Å². The van der Waals surface area contributed by atoms with E-state index in [2.05, 4.69) is 68.4 Å². The van der Waals surface area contributed by atoms with Crippen LogP contribution in [0.25, 0.3) is 32.6 Å². The average molecular weight is 271 g/mol. The van der Waals surface area contributed by atoms with E-state index in [4.69, 9.17) is 4.98 Å². The first-order chi connectivity index (χ1) is 10.3. The highest BCUT2D eigenvalue weighted by atomic mass is 14.7. The number of aryl methyl sites for hydroxylation is 2. The zero-order valence-electron chi connectivity index (χ0n) is 12.4. The molecule has 0 bridgehead atoms. The summed E-state index contributed by atoms with van der Waals surface area (Å²) in [6.45, 7) is 4.40. The summed E-state index contributed by atoms with van der Waals surface area (Å²) in [5.41, 5.74) is 4.90. The third-order valence-corrected chi connectivity index (χ3v) is 4.41. The molecule has 21 heavy (non-hydrogen) atoms. The van der Waals surface area contributed by atoms with E-state index in [9.17, 15) is 0 Å². The molecule has 0 radical (unpaired) electrons. The van der Waals surface area contributed by atoms with E-state index < -0.39 is 0 Å². The lowest BCUT2D eigenvalue weighted by Gasteiger charge is -2.10. The van der Waals surface area contributed by atoms with Gasteiger partial charge in [0.15, 0.2) is 0 Å². The zero-order valence-corrected chi connectivity index (χ0v) is 12.4. The molecular formula is C20H17N. The first-order valence-corrected chi connectivity index (χ1v) is 7.48. The predicted octanol–water partition coefficient (Wildman–Crippen LogP) is 5.41. The molecule has 4 aromatic rings. The van der Waals surface area contributed by atoms with Crippen molar-refractivity contribution in [3.05, 3.63) is 65.7 Å². The van der Waals surface area contributed by atoms with Crippen molar-refractivity contribution < 1.29 is 0 Å². The zero-order chi connectivity index (χ0) is 14.4. The van der Waals surface area contributed by atoms with Gasteiger partial charge in [-0.15, -0.1) is 0 Å². The molecule has 0 aliphatic heterocycles. The van der Waals surface area contributed by atoms with Gasteiger partial charge < -0.3 is 0 Å². The second kappa shape index (κ2) is 4.56. The highest BCUT2D eigenvalue weighted by Crippen LogP contribution is 2.30. The summed E-state index contributed by atoms with van der Waals surface area (Å²) < 4.78 is 0. The highest BCUT2D eigenvalue weighted by Gasteiger charge is 2.08. The molecule has 0 saturated heterocycles. The monoisotopic (exact) mass is 271 g/mol. The molecule has 0 saturated carbocycles. The van der Waals surface area contributed by atoms with Gasteiger partial charge in [-0.05, 0) is 42.0 Å². The molecule has 0 fully saturated rings. The van der Waals surface area contributed by atoms with Crippen LogP contribution < -0.4 is 0 Å². The average Bonchev–Trinajstić information content (AvgIpc) is 2.54. The Morgan fingerprint density at radius 2 is 1.71 bits per heavy atom. The van der Waals surface area contributed by atoms with Crippen molar-refractivity contribution in [3.63, 3.8) is 0 Å². The molecule has 0 amide bonds. The van der Waals surface area contributed by atoms with Crippen LogP contribution >= 0.6 is 0 Å². The van der Waals surface area contributed by atoms with Gasteiger partial charge in [-0.3, -0.25) is 0 Å². The number of fused-ring (bicyclic) bond motifs is 4. The Bertz CT molecular complexity index is 983. The summed E-state index contributed by atoms with van der Waals surface area (Å²) in [6.07, 6.45) is 1.06. The van der Waals surface area contributed by atoms with Gasteiger partial charge in [0.25, 0.3) is 0 Å². The van der Waals surface area contributed by atoms with Crippen LogP contribution in [0, 0.1) is 6.92 Å². The molecule has 102 valence electrons. The second-order valence-electron chi connectivity index (χ2n) is 5.62. The Morgan fingerprint density at radius 1 is 0.857 bits per heavy atom. The van der Waals surface area contributed by atoms with Crippen LogP contribution in [0.3, 0.4) is 0 Å². The molecule has 0 N–H and O–H groups in total. The lowest BCUT2D eigenvalue weighted by atomic mass is 9.98. The van der Waals surface area contributed by atoms with Gasteiger partial charge >= 0.3 is 0 Å². The minimum Gasteiger partial charge on any atom is -0.247 e. The maximum absolute atomic E-state index is 4.94. The molecule has 1 heteroatoms. The van der Waals surface area contributed by atoms with E-state index in [1.54, 1.807) is 0 Å². The molecule has 0 atom stereocenters. The summed E-state index contributed by atoms with van der Waals surface area (Å²) in [6, 6.07) is 19.5. The number of pyridine rings is 1. The standard InChI is InChI=1S/C20H17N/c1-3-14-8-11-19-18(12-14)13(2)16-10-9-15-6-4-5-7-17(15)20(16)21-19/h4-12H,3H2,1-2H3. The maximum atomic E-state index is 4.94. The fourth-order valence-electron chi connectivity index (χ4n) is 3.14. The largest absolute Gasteiger partial charge is 0.247 e. The normalized spacial score (nSPS) is 11.5. The summed E-state index contributed by atoms with van der Waals surface area (Å²) in [4.78, 5) is 4.94. The van der Waals surface area contributed by atoms with Crippen molar-refractivity contribution >= 4 is 32.6 Å². The maximum Gasteiger partial charge on any atom is 0.0790 e. The Balaban J connectivity index is 2.21. The third kappa shape index (κ3) is 1.81. The van der Waals surface area contributed by atoms with Crippen LogP contribution in [0.4, 0.5) is 0 Å². The number of rotatable bonds is 1. The smallest absolute Gasteiger partial charge is 0.0790 e. The van der Waals surface area contributed by atoms with E-state index in [0.717, 1.165) is 17.5 Å². The van der Waals surface area contributed by atoms with Crippen LogP contribution in [-0.4, -0.2) is 4.98 Å². The molecule has 3 aromatic carbocycles. The minimum absolute atomic E-state index is 1.06. The van der Waals surface area contributed by atoms with Gasteiger partial charge in [0.05, 0.1) is 11.0 Å². The molecule has 1 heterocycles. The fraction of sp³-hybridized carbons (Fsp3) is 0.150. The molecule has 0 spiro atoms. The SMILES string of the molecule is CCc1ccc2nc3c(ccc4ccccc43)c(C)c2c1. The van der Waals surface area contributed by atoms with Crippen molar-refractivity contribution in [1.29, 1.82) is 0 Å². The van der Waals surface area contributed by atoms with Crippen molar-refractivity contribution in [2.45, 2.75) is 20.3 Å². The number of aromatic nitrogens is 1. The van der Waals surface area contributed by atoms with Crippen molar-refractivity contribution in [2.24, 2.45) is 0 Å². The molecule has 0 unspecified atom stereocenters. The van der Waals surface area contributed by atoms with Crippen molar-refractivity contribution in [2.75, 3.05) is 0 Å². The summed E-state index contributed by atoms with van der Waals surface area (Å²) in [7, 11) is 0. The van der Waals surface area contributed by atoms with Crippen LogP contribution in [0.5, 0.6) is 0 Å². The third-order valence-electron chi connectivity index (χ3n) is 4.41. The van der Waals surface area contributed by atoms with Crippen molar-refractivity contribution in [1.82, 2.24) is 4.98 Å². The summed E-state index contributed by atoms with van der Waals surface area (Å²) in [5, 5.41) is 5.02. The molecule has 1 nitrogen and oxygen atoms in total. The van der Waals surface area contributed by atoms with Gasteiger partial charge in [-0.1, -0.05) is 49.4 Å². The van der Waals surface area contributed by atoms with Gasteiger partial charge in [0.2, 0.25) is 0 Å². The Hall–Kier alpha value is -2.41. The predicted molar refractivity (Wildman–Crippen MR) is 90.9 cm³/mol. The molecule has 4 rings (SSSR count). The van der Waals surface area contributed by atoms with Gasteiger partial charge in [-0.2, -0.15) is 0 Å². The summed E-state index contributed by atoms with van der Waals surface area (Å²) in [5.74, 6) is 0. The number of nitrogens with zero attached hydrogens (tertiary/aromatic N) is 1. The highest BCUT2D eigenvalue weighted by molar-refractivity contribution is 6.10. The lowest BCUT2D eigenvalue weighted by molar-refractivity contribution is 1.14. The van der Waals surface area contributed by atoms with Gasteiger partial charge in [0.1, 0.15) is 0 Å². The molecule has 1 aromatic heterocycles. The topological polar surface area (TPSA) is 12.9 Å². The van der Waals surface area contributed by atoms with Crippen LogP contribution in [-0.2, 0) is 6.42 Å². The van der Waals surface area contributed by atoms with Crippen LogP contribution in [0.15, 0.2) is 54.6 Å². The Morgan fingerprint density at radius 3 is 2.57 bits per heavy atom.